The predicted octanol–water partition coefficient (Wildman–Crippen LogP) is 2.02. The maximum atomic E-state index is 10.8. The van der Waals surface area contributed by atoms with E-state index in [4.69, 9.17) is 5.11 Å². The Morgan fingerprint density at radius 1 is 1.47 bits per heavy atom. The number of hydrogen-bond donors (Lipinski definition) is 1. The molecule has 2 rings (SSSR count). The van der Waals surface area contributed by atoms with Crippen molar-refractivity contribution in [1.29, 1.82) is 0 Å². The molecular weight excluding hydrogens is 216 g/mol. The van der Waals surface area contributed by atoms with Gasteiger partial charge >= 0.3 is 5.97 Å². The lowest BCUT2D eigenvalue weighted by atomic mass is 10.0. The zero-order chi connectivity index (χ0) is 12.4. The standard InChI is InChI=1S/C13H14N2O2/c1-9-4-3-5-10(6-9)13-11(7-12(16)17)8-15(2)14-13/h3-6,8H,7H2,1-2H3,(H,16,17). The third kappa shape index (κ3) is 2.53. The molecule has 0 radical (unpaired) electrons. The highest BCUT2D eigenvalue weighted by molar-refractivity contribution is 5.74. The Morgan fingerprint density at radius 2 is 2.24 bits per heavy atom. The monoisotopic (exact) mass is 230 g/mol. The van der Waals surface area contributed by atoms with Gasteiger partial charge in [-0.1, -0.05) is 23.8 Å². The van der Waals surface area contributed by atoms with E-state index in [2.05, 4.69) is 5.10 Å². The van der Waals surface area contributed by atoms with E-state index in [9.17, 15) is 4.79 Å². The molecule has 1 heterocycles. The van der Waals surface area contributed by atoms with Crippen LogP contribution < -0.4 is 0 Å². The van der Waals surface area contributed by atoms with Crippen LogP contribution in [-0.2, 0) is 18.3 Å². The van der Waals surface area contributed by atoms with Gasteiger partial charge in [0, 0.05) is 24.4 Å². The predicted molar refractivity (Wildman–Crippen MR) is 64.7 cm³/mol. The quantitative estimate of drug-likeness (QED) is 0.877. The minimum absolute atomic E-state index is 0.00286. The summed E-state index contributed by atoms with van der Waals surface area (Å²) in [5, 5.41) is 13.2. The highest BCUT2D eigenvalue weighted by atomic mass is 16.4. The van der Waals surface area contributed by atoms with Gasteiger partial charge in [-0.2, -0.15) is 5.10 Å². The van der Waals surface area contributed by atoms with Gasteiger partial charge in [0.25, 0.3) is 0 Å². The maximum absolute atomic E-state index is 10.8. The summed E-state index contributed by atoms with van der Waals surface area (Å²) in [5.41, 5.74) is 3.58. The summed E-state index contributed by atoms with van der Waals surface area (Å²) in [6.07, 6.45) is 1.75. The molecule has 1 N–H and O–H groups in total. The summed E-state index contributed by atoms with van der Waals surface area (Å²) in [6.45, 7) is 2.00. The lowest BCUT2D eigenvalue weighted by Crippen LogP contribution is -2.00. The Hall–Kier alpha value is -2.10. The number of aliphatic carboxylic acids is 1. The molecule has 0 unspecified atom stereocenters. The van der Waals surface area contributed by atoms with Crippen molar-refractivity contribution in [2.75, 3.05) is 0 Å². The van der Waals surface area contributed by atoms with E-state index in [-0.39, 0.29) is 6.42 Å². The van der Waals surface area contributed by atoms with Crippen LogP contribution in [0.5, 0.6) is 0 Å². The van der Waals surface area contributed by atoms with E-state index in [0.29, 0.717) is 0 Å². The van der Waals surface area contributed by atoms with Crippen molar-refractivity contribution in [3.05, 3.63) is 41.6 Å². The van der Waals surface area contributed by atoms with Gasteiger partial charge in [-0.3, -0.25) is 9.48 Å². The van der Waals surface area contributed by atoms with Crippen LogP contribution in [0, 0.1) is 6.92 Å². The zero-order valence-corrected chi connectivity index (χ0v) is 9.84. The number of carboxylic acid groups (broad SMARTS) is 1. The molecule has 0 saturated heterocycles. The first-order valence-corrected chi connectivity index (χ1v) is 5.37. The molecule has 0 aliphatic rings. The average molecular weight is 230 g/mol. The summed E-state index contributed by atoms with van der Waals surface area (Å²) in [7, 11) is 1.80. The van der Waals surface area contributed by atoms with E-state index < -0.39 is 5.97 Å². The van der Waals surface area contributed by atoms with Crippen LogP contribution in [0.3, 0.4) is 0 Å². The first-order valence-electron chi connectivity index (χ1n) is 5.37. The second-order valence-corrected chi connectivity index (χ2v) is 4.12. The molecule has 4 nitrogen and oxygen atoms in total. The Balaban J connectivity index is 2.47. The normalized spacial score (nSPS) is 10.5. The Labute approximate surface area is 99.5 Å². The average Bonchev–Trinajstić information content (AvgIpc) is 2.58. The molecule has 4 heteroatoms. The molecule has 17 heavy (non-hydrogen) atoms. The third-order valence-electron chi connectivity index (χ3n) is 2.54. The molecule has 0 aliphatic heterocycles. The first-order chi connectivity index (χ1) is 8.06. The van der Waals surface area contributed by atoms with Crippen molar-refractivity contribution in [3.63, 3.8) is 0 Å². The van der Waals surface area contributed by atoms with Crippen LogP contribution in [-0.4, -0.2) is 20.9 Å². The number of nitrogens with zero attached hydrogens (tertiary/aromatic N) is 2. The summed E-state index contributed by atoms with van der Waals surface area (Å²) >= 11 is 0. The fraction of sp³-hybridized carbons (Fsp3) is 0.231. The molecule has 0 amide bonds. The Morgan fingerprint density at radius 3 is 2.88 bits per heavy atom. The van der Waals surface area contributed by atoms with Gasteiger partial charge in [0.05, 0.1) is 12.1 Å². The van der Waals surface area contributed by atoms with Gasteiger partial charge < -0.3 is 5.11 Å². The van der Waals surface area contributed by atoms with Gasteiger partial charge in [0.2, 0.25) is 0 Å². The van der Waals surface area contributed by atoms with E-state index in [1.54, 1.807) is 17.9 Å². The summed E-state index contributed by atoms with van der Waals surface area (Å²) < 4.78 is 1.65. The number of benzene rings is 1. The van der Waals surface area contributed by atoms with Gasteiger partial charge in [0.1, 0.15) is 0 Å². The van der Waals surface area contributed by atoms with Gasteiger partial charge in [0.15, 0.2) is 0 Å². The largest absolute Gasteiger partial charge is 0.481 e. The molecular formula is C13H14N2O2. The smallest absolute Gasteiger partial charge is 0.307 e. The van der Waals surface area contributed by atoms with Crippen LogP contribution >= 0.6 is 0 Å². The second-order valence-electron chi connectivity index (χ2n) is 4.12. The number of aryl methyl sites for hydroxylation is 2. The summed E-state index contributed by atoms with van der Waals surface area (Å²) in [6, 6.07) is 7.90. The van der Waals surface area contributed by atoms with E-state index >= 15 is 0 Å². The molecule has 0 saturated carbocycles. The molecule has 88 valence electrons. The maximum Gasteiger partial charge on any atom is 0.307 e. The lowest BCUT2D eigenvalue weighted by molar-refractivity contribution is -0.136. The van der Waals surface area contributed by atoms with Gasteiger partial charge in [-0.25, -0.2) is 0 Å². The first kappa shape index (κ1) is 11.4. The molecule has 0 fully saturated rings. The van der Waals surface area contributed by atoms with E-state index in [1.165, 1.54) is 0 Å². The Kier molecular flexibility index (Phi) is 2.95. The number of hydrogen-bond acceptors (Lipinski definition) is 2. The van der Waals surface area contributed by atoms with Crippen LogP contribution in [0.15, 0.2) is 30.5 Å². The molecule has 0 bridgehead atoms. The second kappa shape index (κ2) is 4.41. The van der Waals surface area contributed by atoms with E-state index in [0.717, 1.165) is 22.4 Å². The van der Waals surface area contributed by atoms with Crippen LogP contribution in [0.25, 0.3) is 11.3 Å². The highest BCUT2D eigenvalue weighted by Crippen LogP contribution is 2.23. The summed E-state index contributed by atoms with van der Waals surface area (Å²) in [4.78, 5) is 10.8. The molecule has 1 aromatic heterocycles. The topological polar surface area (TPSA) is 55.1 Å². The van der Waals surface area contributed by atoms with Crippen molar-refractivity contribution in [2.45, 2.75) is 13.3 Å². The van der Waals surface area contributed by atoms with Crippen LogP contribution in [0.2, 0.25) is 0 Å². The van der Waals surface area contributed by atoms with Gasteiger partial charge in [-0.15, -0.1) is 0 Å². The number of aromatic nitrogens is 2. The van der Waals surface area contributed by atoms with Crippen molar-refractivity contribution < 1.29 is 9.90 Å². The number of rotatable bonds is 3. The summed E-state index contributed by atoms with van der Waals surface area (Å²) in [5.74, 6) is -0.841. The number of carboxylic acids is 1. The fourth-order valence-corrected chi connectivity index (χ4v) is 1.87. The number of carbonyl (C=O) groups is 1. The molecule has 1 aromatic carbocycles. The Bertz CT molecular complexity index is 558. The van der Waals surface area contributed by atoms with Crippen LogP contribution in [0.4, 0.5) is 0 Å². The fourth-order valence-electron chi connectivity index (χ4n) is 1.87. The van der Waals surface area contributed by atoms with Crippen LogP contribution in [0.1, 0.15) is 11.1 Å². The molecule has 0 aliphatic carbocycles. The molecule has 0 atom stereocenters. The molecule has 2 aromatic rings. The van der Waals surface area contributed by atoms with Crippen molar-refractivity contribution >= 4 is 5.97 Å². The molecule has 0 spiro atoms. The van der Waals surface area contributed by atoms with E-state index in [1.807, 2.05) is 31.2 Å². The van der Waals surface area contributed by atoms with Crippen molar-refractivity contribution in [1.82, 2.24) is 9.78 Å². The lowest BCUT2D eigenvalue weighted by Gasteiger charge is -2.01. The minimum atomic E-state index is -0.841. The van der Waals surface area contributed by atoms with Gasteiger partial charge in [-0.05, 0) is 13.0 Å². The highest BCUT2D eigenvalue weighted by Gasteiger charge is 2.12. The third-order valence-corrected chi connectivity index (χ3v) is 2.54. The zero-order valence-electron chi connectivity index (χ0n) is 9.84. The minimum Gasteiger partial charge on any atom is -0.481 e. The SMILES string of the molecule is Cc1cccc(-c2nn(C)cc2CC(=O)O)c1. The van der Waals surface area contributed by atoms with Crippen molar-refractivity contribution in [2.24, 2.45) is 7.05 Å². The van der Waals surface area contributed by atoms with Crippen molar-refractivity contribution in [3.8, 4) is 11.3 Å².